The summed E-state index contributed by atoms with van der Waals surface area (Å²) in [6, 6.07) is 0.470. The summed E-state index contributed by atoms with van der Waals surface area (Å²) in [5.41, 5.74) is 5.45. The van der Waals surface area contributed by atoms with E-state index in [0.717, 1.165) is 12.8 Å². The number of aromatic nitrogens is 3. The van der Waals surface area contributed by atoms with Crippen molar-refractivity contribution < 1.29 is 5.11 Å². The second-order valence-corrected chi connectivity index (χ2v) is 3.52. The molecule has 0 atom stereocenters. The van der Waals surface area contributed by atoms with Gasteiger partial charge in [-0.2, -0.15) is 4.98 Å². The lowest BCUT2D eigenvalue weighted by atomic mass is 9.92. The lowest BCUT2D eigenvalue weighted by Crippen LogP contribution is -2.42. The first kappa shape index (κ1) is 9.26. The first-order chi connectivity index (χ1) is 6.81. The van der Waals surface area contributed by atoms with Crippen molar-refractivity contribution in [3.8, 4) is 0 Å². The molecule has 2 rings (SSSR count). The average molecular weight is 197 g/mol. The molecular formula is C8H15N5O. The maximum atomic E-state index is 8.93. The lowest BCUT2D eigenvalue weighted by molar-refractivity contribution is 0.282. The fourth-order valence-corrected chi connectivity index (χ4v) is 1.65. The van der Waals surface area contributed by atoms with Crippen LogP contribution in [0.1, 0.15) is 19.3 Å². The second kappa shape index (κ2) is 3.83. The van der Waals surface area contributed by atoms with E-state index in [0.29, 0.717) is 24.5 Å². The number of anilines is 2. The smallest absolute Gasteiger partial charge is 0.246 e. The maximum Gasteiger partial charge on any atom is 0.246 e. The molecule has 14 heavy (non-hydrogen) atoms. The Bertz CT molecular complexity index is 296. The number of hydrogen-bond acceptors (Lipinski definition) is 5. The summed E-state index contributed by atoms with van der Waals surface area (Å²) in [4.78, 5) is 6.07. The van der Waals surface area contributed by atoms with Gasteiger partial charge in [-0.3, -0.25) is 0 Å². The monoisotopic (exact) mass is 197 g/mol. The number of nitrogens with zero attached hydrogens (tertiary/aromatic N) is 3. The zero-order valence-electron chi connectivity index (χ0n) is 7.98. The molecule has 0 spiro atoms. The van der Waals surface area contributed by atoms with E-state index in [9.17, 15) is 0 Å². The predicted octanol–water partition coefficient (Wildman–Crippen LogP) is -0.262. The molecule has 1 aliphatic carbocycles. The van der Waals surface area contributed by atoms with E-state index in [1.165, 1.54) is 6.42 Å². The van der Waals surface area contributed by atoms with Crippen LogP contribution in [0, 0.1) is 0 Å². The van der Waals surface area contributed by atoms with Crippen LogP contribution in [0.2, 0.25) is 0 Å². The van der Waals surface area contributed by atoms with Crippen molar-refractivity contribution in [2.24, 2.45) is 0 Å². The Morgan fingerprint density at radius 1 is 1.57 bits per heavy atom. The van der Waals surface area contributed by atoms with Crippen molar-refractivity contribution in [1.82, 2.24) is 15.2 Å². The van der Waals surface area contributed by atoms with Crippen molar-refractivity contribution in [2.45, 2.75) is 25.3 Å². The number of nitrogen functional groups attached to an aromatic ring is 1. The minimum Gasteiger partial charge on any atom is -0.395 e. The second-order valence-electron chi connectivity index (χ2n) is 3.52. The van der Waals surface area contributed by atoms with E-state index in [1.54, 1.807) is 0 Å². The van der Waals surface area contributed by atoms with Gasteiger partial charge in [-0.15, -0.1) is 5.10 Å². The van der Waals surface area contributed by atoms with Crippen LogP contribution in [-0.4, -0.2) is 39.5 Å². The summed E-state index contributed by atoms with van der Waals surface area (Å²) in [5, 5.41) is 15.5. The number of H-pyrrole nitrogens is 1. The van der Waals surface area contributed by atoms with E-state index < -0.39 is 0 Å². The first-order valence-electron chi connectivity index (χ1n) is 4.86. The van der Waals surface area contributed by atoms with Gasteiger partial charge in [-0.05, 0) is 19.3 Å². The molecule has 1 aromatic rings. The van der Waals surface area contributed by atoms with E-state index >= 15 is 0 Å². The van der Waals surface area contributed by atoms with Crippen LogP contribution in [-0.2, 0) is 0 Å². The fourth-order valence-electron chi connectivity index (χ4n) is 1.65. The van der Waals surface area contributed by atoms with Gasteiger partial charge in [0, 0.05) is 12.6 Å². The highest BCUT2D eigenvalue weighted by atomic mass is 16.3. The van der Waals surface area contributed by atoms with Crippen molar-refractivity contribution in [3.05, 3.63) is 0 Å². The maximum absolute atomic E-state index is 8.93. The summed E-state index contributed by atoms with van der Waals surface area (Å²) < 4.78 is 0. The Kier molecular flexibility index (Phi) is 2.53. The molecule has 78 valence electrons. The van der Waals surface area contributed by atoms with E-state index in [1.807, 2.05) is 4.90 Å². The van der Waals surface area contributed by atoms with Gasteiger partial charge in [-0.1, -0.05) is 0 Å². The molecule has 1 aliphatic rings. The normalized spacial score (nSPS) is 16.6. The van der Waals surface area contributed by atoms with Gasteiger partial charge in [0.2, 0.25) is 11.9 Å². The molecule has 1 aromatic heterocycles. The van der Waals surface area contributed by atoms with Gasteiger partial charge in [0.1, 0.15) is 0 Å². The van der Waals surface area contributed by atoms with E-state index in [2.05, 4.69) is 15.2 Å². The van der Waals surface area contributed by atoms with Gasteiger partial charge >= 0.3 is 0 Å². The summed E-state index contributed by atoms with van der Waals surface area (Å²) in [7, 11) is 0. The third kappa shape index (κ3) is 1.65. The standard InChI is InChI=1S/C8H15N5O/c9-7-10-8(12-11-7)13(4-5-14)6-2-1-3-6/h6,14H,1-5H2,(H3,9,10,11,12). The van der Waals surface area contributed by atoms with Gasteiger partial charge in [-0.25, -0.2) is 5.10 Å². The molecule has 0 radical (unpaired) electrons. The Labute approximate surface area is 82.1 Å². The Hall–Kier alpha value is -1.30. The largest absolute Gasteiger partial charge is 0.395 e. The number of nitrogens with two attached hydrogens (primary N) is 1. The lowest BCUT2D eigenvalue weighted by Gasteiger charge is -2.36. The molecule has 6 heteroatoms. The number of rotatable bonds is 4. The van der Waals surface area contributed by atoms with Crippen molar-refractivity contribution in [2.75, 3.05) is 23.8 Å². The van der Waals surface area contributed by atoms with E-state index in [4.69, 9.17) is 10.8 Å². The van der Waals surface area contributed by atoms with Crippen molar-refractivity contribution in [3.63, 3.8) is 0 Å². The van der Waals surface area contributed by atoms with Gasteiger partial charge in [0.05, 0.1) is 6.61 Å². The topological polar surface area (TPSA) is 91.1 Å². The number of hydrogen-bond donors (Lipinski definition) is 3. The number of nitrogens with one attached hydrogen (secondary N) is 1. The van der Waals surface area contributed by atoms with Crippen molar-refractivity contribution in [1.29, 1.82) is 0 Å². The minimum atomic E-state index is 0.116. The molecule has 0 amide bonds. The quantitative estimate of drug-likeness (QED) is 0.618. The molecule has 0 unspecified atom stereocenters. The van der Waals surface area contributed by atoms with Gasteiger partial charge in [0.15, 0.2) is 0 Å². The molecular weight excluding hydrogens is 182 g/mol. The third-order valence-corrected chi connectivity index (χ3v) is 2.60. The van der Waals surface area contributed by atoms with Crippen LogP contribution in [0.3, 0.4) is 0 Å². The van der Waals surface area contributed by atoms with Gasteiger partial charge in [0.25, 0.3) is 0 Å². The number of aliphatic hydroxyl groups excluding tert-OH is 1. The zero-order valence-corrected chi connectivity index (χ0v) is 7.98. The van der Waals surface area contributed by atoms with Crippen molar-refractivity contribution >= 4 is 11.9 Å². The fraction of sp³-hybridized carbons (Fsp3) is 0.750. The van der Waals surface area contributed by atoms with Crippen LogP contribution in [0.15, 0.2) is 0 Å². The highest BCUT2D eigenvalue weighted by molar-refractivity contribution is 5.35. The predicted molar refractivity (Wildman–Crippen MR) is 52.9 cm³/mol. The molecule has 1 saturated carbocycles. The summed E-state index contributed by atoms with van der Waals surface area (Å²) in [6.45, 7) is 0.687. The average Bonchev–Trinajstić information content (AvgIpc) is 2.48. The molecule has 0 aliphatic heterocycles. The molecule has 6 nitrogen and oxygen atoms in total. The number of aromatic amines is 1. The van der Waals surface area contributed by atoms with Crippen LogP contribution >= 0.6 is 0 Å². The molecule has 1 heterocycles. The molecule has 0 bridgehead atoms. The minimum absolute atomic E-state index is 0.116. The Morgan fingerprint density at radius 2 is 2.36 bits per heavy atom. The third-order valence-electron chi connectivity index (χ3n) is 2.60. The highest BCUT2D eigenvalue weighted by Gasteiger charge is 2.26. The molecule has 1 fully saturated rings. The molecule has 0 saturated heterocycles. The van der Waals surface area contributed by atoms with Crippen LogP contribution < -0.4 is 10.6 Å². The molecule has 4 N–H and O–H groups in total. The first-order valence-corrected chi connectivity index (χ1v) is 4.86. The van der Waals surface area contributed by atoms with Crippen LogP contribution in [0.5, 0.6) is 0 Å². The van der Waals surface area contributed by atoms with Crippen LogP contribution in [0.25, 0.3) is 0 Å². The van der Waals surface area contributed by atoms with Gasteiger partial charge < -0.3 is 15.7 Å². The highest BCUT2D eigenvalue weighted by Crippen LogP contribution is 2.27. The number of aliphatic hydroxyl groups is 1. The summed E-state index contributed by atoms with van der Waals surface area (Å²) in [5.74, 6) is 0.920. The summed E-state index contributed by atoms with van der Waals surface area (Å²) in [6.07, 6.45) is 3.54. The molecule has 0 aromatic carbocycles. The van der Waals surface area contributed by atoms with Crippen LogP contribution in [0.4, 0.5) is 11.9 Å². The Balaban J connectivity index is 2.09. The Morgan fingerprint density at radius 3 is 2.79 bits per heavy atom. The SMILES string of the molecule is Nc1nc(N(CCO)C2CCC2)n[nH]1. The van der Waals surface area contributed by atoms with E-state index in [-0.39, 0.29) is 6.61 Å². The zero-order chi connectivity index (χ0) is 9.97. The summed E-state index contributed by atoms with van der Waals surface area (Å²) >= 11 is 0.